The highest BCUT2D eigenvalue weighted by atomic mass is 32.1. The molecule has 1 aromatic rings. The lowest BCUT2D eigenvalue weighted by molar-refractivity contribution is 0.0821. The Bertz CT molecular complexity index is 421. The van der Waals surface area contributed by atoms with Crippen molar-refractivity contribution >= 4 is 16.5 Å². The first-order valence-corrected chi connectivity index (χ1v) is 7.60. The van der Waals surface area contributed by atoms with Crippen LogP contribution in [0.4, 0.5) is 5.13 Å². The number of fused-ring (bicyclic) bond motifs is 1. The van der Waals surface area contributed by atoms with Crippen molar-refractivity contribution in [3.63, 3.8) is 0 Å². The van der Waals surface area contributed by atoms with E-state index in [2.05, 4.69) is 11.8 Å². The number of aliphatic hydroxyl groups is 1. The standard InChI is InChI=1S/C13H20N2O2S/c1-9-8-15(6-3-7-17-9)13-14-10-4-2-5-11(16)12(10)18-13/h9,11,16H,2-8H2,1H3. The van der Waals surface area contributed by atoms with E-state index in [1.165, 1.54) is 0 Å². The predicted molar refractivity (Wildman–Crippen MR) is 72.3 cm³/mol. The summed E-state index contributed by atoms with van der Waals surface area (Å²) in [5, 5.41) is 11.1. The second-order valence-electron chi connectivity index (χ2n) is 5.20. The van der Waals surface area contributed by atoms with Crippen LogP contribution in [-0.4, -0.2) is 35.9 Å². The van der Waals surface area contributed by atoms with Gasteiger partial charge in [-0.15, -0.1) is 0 Å². The zero-order valence-corrected chi connectivity index (χ0v) is 11.6. The summed E-state index contributed by atoms with van der Waals surface area (Å²) >= 11 is 1.67. The van der Waals surface area contributed by atoms with E-state index in [9.17, 15) is 5.11 Å². The summed E-state index contributed by atoms with van der Waals surface area (Å²) in [6.07, 6.45) is 3.98. The minimum Gasteiger partial charge on any atom is -0.388 e. The number of aryl methyl sites for hydroxylation is 1. The van der Waals surface area contributed by atoms with Crippen LogP contribution in [-0.2, 0) is 11.2 Å². The molecule has 2 aliphatic rings. The summed E-state index contributed by atoms with van der Waals surface area (Å²) in [6, 6.07) is 0. The van der Waals surface area contributed by atoms with E-state index in [1.807, 2.05) is 0 Å². The van der Waals surface area contributed by atoms with E-state index in [1.54, 1.807) is 11.3 Å². The number of aliphatic hydroxyl groups excluding tert-OH is 1. The van der Waals surface area contributed by atoms with Gasteiger partial charge in [0.25, 0.3) is 0 Å². The molecule has 1 aromatic heterocycles. The molecule has 1 fully saturated rings. The predicted octanol–water partition coefficient (Wildman–Crippen LogP) is 2.13. The summed E-state index contributed by atoms with van der Waals surface area (Å²) < 4.78 is 5.66. The fourth-order valence-electron chi connectivity index (χ4n) is 2.69. The van der Waals surface area contributed by atoms with Gasteiger partial charge in [-0.05, 0) is 32.6 Å². The Hall–Kier alpha value is -0.650. The van der Waals surface area contributed by atoms with Gasteiger partial charge in [0, 0.05) is 19.7 Å². The molecule has 18 heavy (non-hydrogen) atoms. The van der Waals surface area contributed by atoms with Gasteiger partial charge < -0.3 is 14.7 Å². The first-order valence-electron chi connectivity index (χ1n) is 6.78. The minimum absolute atomic E-state index is 0.262. The molecule has 0 amide bonds. The molecule has 100 valence electrons. The average Bonchev–Trinajstić information content (AvgIpc) is 2.67. The summed E-state index contributed by atoms with van der Waals surface area (Å²) in [4.78, 5) is 8.13. The molecular formula is C13H20N2O2S. The molecular weight excluding hydrogens is 248 g/mol. The maximum atomic E-state index is 10.0. The molecule has 1 N–H and O–H groups in total. The maximum Gasteiger partial charge on any atom is 0.185 e. The number of rotatable bonds is 1. The molecule has 0 radical (unpaired) electrons. The molecule has 2 heterocycles. The Balaban J connectivity index is 1.83. The van der Waals surface area contributed by atoms with Crippen LogP contribution < -0.4 is 4.90 Å². The van der Waals surface area contributed by atoms with E-state index in [-0.39, 0.29) is 12.2 Å². The van der Waals surface area contributed by atoms with Crippen molar-refractivity contribution in [2.24, 2.45) is 0 Å². The third kappa shape index (κ3) is 2.39. The molecule has 0 aromatic carbocycles. The summed E-state index contributed by atoms with van der Waals surface area (Å²) in [5.41, 5.74) is 1.12. The number of thiazole rings is 1. The van der Waals surface area contributed by atoms with Crippen LogP contribution in [0, 0.1) is 0 Å². The third-order valence-electron chi connectivity index (χ3n) is 3.63. The Labute approximate surface area is 112 Å². The van der Waals surface area contributed by atoms with E-state index in [0.717, 1.165) is 61.1 Å². The minimum atomic E-state index is -0.291. The molecule has 3 rings (SSSR count). The van der Waals surface area contributed by atoms with Crippen molar-refractivity contribution in [2.45, 2.75) is 44.8 Å². The van der Waals surface area contributed by atoms with Crippen LogP contribution in [0.3, 0.4) is 0 Å². The largest absolute Gasteiger partial charge is 0.388 e. The first kappa shape index (κ1) is 12.4. The molecule has 0 saturated carbocycles. The van der Waals surface area contributed by atoms with Crippen molar-refractivity contribution in [3.8, 4) is 0 Å². The van der Waals surface area contributed by atoms with E-state index >= 15 is 0 Å². The zero-order chi connectivity index (χ0) is 12.5. The summed E-state index contributed by atoms with van der Waals surface area (Å²) in [6.45, 7) is 4.86. The van der Waals surface area contributed by atoms with Gasteiger partial charge in [0.05, 0.1) is 22.8 Å². The fourth-order valence-corrected chi connectivity index (χ4v) is 3.85. The second kappa shape index (κ2) is 5.15. The van der Waals surface area contributed by atoms with E-state index in [4.69, 9.17) is 9.72 Å². The number of aromatic nitrogens is 1. The molecule has 1 saturated heterocycles. The Morgan fingerprint density at radius 3 is 3.17 bits per heavy atom. The van der Waals surface area contributed by atoms with Gasteiger partial charge in [0.1, 0.15) is 0 Å². The van der Waals surface area contributed by atoms with E-state index < -0.39 is 0 Å². The summed E-state index contributed by atoms with van der Waals surface area (Å²) in [7, 11) is 0. The van der Waals surface area contributed by atoms with Gasteiger partial charge in [-0.1, -0.05) is 11.3 Å². The molecule has 4 nitrogen and oxygen atoms in total. The van der Waals surface area contributed by atoms with Crippen LogP contribution in [0.25, 0.3) is 0 Å². The molecule has 2 unspecified atom stereocenters. The summed E-state index contributed by atoms with van der Waals surface area (Å²) in [5.74, 6) is 0. The molecule has 0 spiro atoms. The number of anilines is 1. The van der Waals surface area contributed by atoms with Gasteiger partial charge in [-0.25, -0.2) is 4.98 Å². The van der Waals surface area contributed by atoms with Crippen molar-refractivity contribution in [2.75, 3.05) is 24.6 Å². The Kier molecular flexibility index (Phi) is 3.54. The van der Waals surface area contributed by atoms with Gasteiger partial charge in [0.15, 0.2) is 5.13 Å². The van der Waals surface area contributed by atoms with Crippen LogP contribution in [0.15, 0.2) is 0 Å². The van der Waals surface area contributed by atoms with Crippen LogP contribution >= 0.6 is 11.3 Å². The van der Waals surface area contributed by atoms with Gasteiger partial charge >= 0.3 is 0 Å². The number of hydrogen-bond acceptors (Lipinski definition) is 5. The van der Waals surface area contributed by atoms with Crippen LogP contribution in [0.1, 0.15) is 42.9 Å². The van der Waals surface area contributed by atoms with Crippen LogP contribution in [0.2, 0.25) is 0 Å². The smallest absolute Gasteiger partial charge is 0.185 e. The highest BCUT2D eigenvalue weighted by molar-refractivity contribution is 7.15. The molecule has 0 bridgehead atoms. The zero-order valence-electron chi connectivity index (χ0n) is 10.8. The Morgan fingerprint density at radius 2 is 2.33 bits per heavy atom. The quantitative estimate of drug-likeness (QED) is 0.847. The molecule has 1 aliphatic heterocycles. The SMILES string of the molecule is CC1CN(c2nc3c(s2)C(O)CCC3)CCCO1. The lowest BCUT2D eigenvalue weighted by Gasteiger charge is -2.20. The fraction of sp³-hybridized carbons (Fsp3) is 0.769. The lowest BCUT2D eigenvalue weighted by atomic mass is 10.0. The molecule has 2 atom stereocenters. The number of nitrogens with zero attached hydrogens (tertiary/aromatic N) is 2. The van der Waals surface area contributed by atoms with Crippen LogP contribution in [0.5, 0.6) is 0 Å². The third-order valence-corrected chi connectivity index (χ3v) is 4.89. The lowest BCUT2D eigenvalue weighted by Crippen LogP contribution is -2.29. The van der Waals surface area contributed by atoms with Crippen molar-refractivity contribution in [1.29, 1.82) is 0 Å². The topological polar surface area (TPSA) is 45.6 Å². The van der Waals surface area contributed by atoms with Crippen molar-refractivity contribution in [3.05, 3.63) is 10.6 Å². The first-order chi connectivity index (χ1) is 8.74. The van der Waals surface area contributed by atoms with Gasteiger partial charge in [-0.2, -0.15) is 0 Å². The second-order valence-corrected chi connectivity index (χ2v) is 6.21. The highest BCUT2D eigenvalue weighted by Crippen LogP contribution is 2.37. The Morgan fingerprint density at radius 1 is 1.44 bits per heavy atom. The molecule has 5 heteroatoms. The normalized spacial score (nSPS) is 28.9. The van der Waals surface area contributed by atoms with Gasteiger partial charge in [0.2, 0.25) is 0 Å². The van der Waals surface area contributed by atoms with Crippen molar-refractivity contribution < 1.29 is 9.84 Å². The average molecular weight is 268 g/mol. The number of hydrogen-bond donors (Lipinski definition) is 1. The van der Waals surface area contributed by atoms with Gasteiger partial charge in [-0.3, -0.25) is 0 Å². The monoisotopic (exact) mass is 268 g/mol. The maximum absolute atomic E-state index is 10.0. The van der Waals surface area contributed by atoms with E-state index in [0.29, 0.717) is 0 Å². The number of ether oxygens (including phenoxy) is 1. The van der Waals surface area contributed by atoms with Crippen molar-refractivity contribution in [1.82, 2.24) is 4.98 Å². The molecule has 1 aliphatic carbocycles. The highest BCUT2D eigenvalue weighted by Gasteiger charge is 2.25.